The number of anilines is 1. The molecule has 0 aliphatic heterocycles. The zero-order valence-corrected chi connectivity index (χ0v) is 12.9. The Labute approximate surface area is 127 Å². The second-order valence-electron chi connectivity index (χ2n) is 4.65. The van der Waals surface area contributed by atoms with Gasteiger partial charge in [0.05, 0.1) is 5.25 Å². The van der Waals surface area contributed by atoms with Crippen LogP contribution < -0.4 is 5.32 Å². The van der Waals surface area contributed by atoms with E-state index in [-0.39, 0.29) is 17.0 Å². The van der Waals surface area contributed by atoms with Crippen molar-refractivity contribution >= 4 is 23.4 Å². The second-order valence-corrected chi connectivity index (χ2v) is 6.01. The van der Waals surface area contributed by atoms with Crippen LogP contribution in [-0.2, 0) is 4.79 Å². The number of carbonyl (C=O) groups is 1. The van der Waals surface area contributed by atoms with Gasteiger partial charge in [0.2, 0.25) is 5.91 Å². The number of nitrogens with zero attached hydrogens (tertiary/aromatic N) is 2. The predicted molar refractivity (Wildman–Crippen MR) is 81.9 cm³/mol. The molecule has 4 nitrogen and oxygen atoms in total. The lowest BCUT2D eigenvalue weighted by molar-refractivity contribution is -0.115. The lowest BCUT2D eigenvalue weighted by Gasteiger charge is -2.12. The number of hydrogen-bond acceptors (Lipinski definition) is 4. The van der Waals surface area contributed by atoms with Gasteiger partial charge in [-0.1, -0.05) is 11.8 Å². The molecule has 0 spiro atoms. The van der Waals surface area contributed by atoms with E-state index in [0.29, 0.717) is 11.5 Å². The Morgan fingerprint density at radius 2 is 1.90 bits per heavy atom. The minimum Gasteiger partial charge on any atom is -0.325 e. The highest BCUT2D eigenvalue weighted by molar-refractivity contribution is 8.00. The number of amides is 1. The van der Waals surface area contributed by atoms with E-state index in [4.69, 9.17) is 0 Å². The molecule has 0 aliphatic rings. The SMILES string of the molecule is Cc1cc(S[C@H](C)C(=O)Nc2ccc(F)cc2)nc(C)n1. The van der Waals surface area contributed by atoms with Crippen molar-refractivity contribution in [3.05, 3.63) is 47.7 Å². The van der Waals surface area contributed by atoms with E-state index in [1.165, 1.54) is 36.0 Å². The average Bonchev–Trinajstić information content (AvgIpc) is 2.40. The Morgan fingerprint density at radius 1 is 1.24 bits per heavy atom. The van der Waals surface area contributed by atoms with Crippen molar-refractivity contribution in [3.63, 3.8) is 0 Å². The van der Waals surface area contributed by atoms with Gasteiger partial charge < -0.3 is 5.32 Å². The fraction of sp³-hybridized carbons (Fsp3) is 0.267. The molecule has 0 unspecified atom stereocenters. The van der Waals surface area contributed by atoms with E-state index in [1.807, 2.05) is 19.9 Å². The Kier molecular flexibility index (Phi) is 4.90. The monoisotopic (exact) mass is 305 g/mol. The maximum atomic E-state index is 12.8. The van der Waals surface area contributed by atoms with Crippen LogP contribution in [0.5, 0.6) is 0 Å². The van der Waals surface area contributed by atoms with Gasteiger partial charge in [-0.05, 0) is 51.1 Å². The van der Waals surface area contributed by atoms with E-state index in [1.54, 1.807) is 6.92 Å². The lowest BCUT2D eigenvalue weighted by atomic mass is 10.3. The van der Waals surface area contributed by atoms with E-state index in [9.17, 15) is 9.18 Å². The van der Waals surface area contributed by atoms with Crippen molar-refractivity contribution in [3.8, 4) is 0 Å². The first-order chi connectivity index (χ1) is 9.94. The zero-order valence-electron chi connectivity index (χ0n) is 12.1. The third-order valence-corrected chi connectivity index (χ3v) is 3.74. The first-order valence-corrected chi connectivity index (χ1v) is 7.37. The molecular weight excluding hydrogens is 289 g/mol. The first-order valence-electron chi connectivity index (χ1n) is 6.49. The number of nitrogens with one attached hydrogen (secondary N) is 1. The van der Waals surface area contributed by atoms with Gasteiger partial charge in [0.25, 0.3) is 0 Å². The van der Waals surface area contributed by atoms with Gasteiger partial charge in [-0.25, -0.2) is 14.4 Å². The number of hydrogen-bond donors (Lipinski definition) is 1. The van der Waals surface area contributed by atoms with Crippen LogP contribution in [0.2, 0.25) is 0 Å². The van der Waals surface area contributed by atoms with E-state index in [2.05, 4.69) is 15.3 Å². The first kappa shape index (κ1) is 15.4. The van der Waals surface area contributed by atoms with Gasteiger partial charge in [-0.3, -0.25) is 4.79 Å². The lowest BCUT2D eigenvalue weighted by Crippen LogP contribution is -2.22. The Balaban J connectivity index is 2.00. The van der Waals surface area contributed by atoms with Crippen LogP contribution in [0.3, 0.4) is 0 Å². The molecule has 1 heterocycles. The van der Waals surface area contributed by atoms with E-state index >= 15 is 0 Å². The van der Waals surface area contributed by atoms with Gasteiger partial charge >= 0.3 is 0 Å². The molecule has 21 heavy (non-hydrogen) atoms. The molecule has 1 aromatic carbocycles. The zero-order chi connectivity index (χ0) is 15.4. The molecule has 1 atom stereocenters. The number of aromatic nitrogens is 2. The molecule has 2 aromatic rings. The minimum absolute atomic E-state index is 0.152. The molecule has 0 bridgehead atoms. The third-order valence-electron chi connectivity index (χ3n) is 2.72. The highest BCUT2D eigenvalue weighted by Crippen LogP contribution is 2.23. The Hall–Kier alpha value is -1.95. The molecule has 1 aromatic heterocycles. The summed E-state index contributed by atoms with van der Waals surface area (Å²) in [5, 5.41) is 3.20. The van der Waals surface area contributed by atoms with Crippen molar-refractivity contribution < 1.29 is 9.18 Å². The van der Waals surface area contributed by atoms with Crippen molar-refractivity contribution in [2.75, 3.05) is 5.32 Å². The van der Waals surface area contributed by atoms with Crippen LogP contribution >= 0.6 is 11.8 Å². The summed E-state index contributed by atoms with van der Waals surface area (Å²) in [5.74, 6) is 0.200. The van der Waals surface area contributed by atoms with Crippen LogP contribution in [0.1, 0.15) is 18.4 Å². The summed E-state index contributed by atoms with van der Waals surface area (Å²) in [6.45, 7) is 5.51. The number of carbonyl (C=O) groups excluding carboxylic acids is 1. The highest BCUT2D eigenvalue weighted by atomic mass is 32.2. The molecular formula is C15H16FN3OS. The Morgan fingerprint density at radius 3 is 2.52 bits per heavy atom. The molecule has 0 fully saturated rings. The standard InChI is InChI=1S/C15H16FN3OS/c1-9-8-14(18-11(3)17-9)21-10(2)15(20)19-13-6-4-12(16)5-7-13/h4-8,10H,1-3H3,(H,19,20)/t10-/m1/s1. The maximum absolute atomic E-state index is 12.8. The topological polar surface area (TPSA) is 54.9 Å². The van der Waals surface area contributed by atoms with E-state index in [0.717, 1.165) is 10.7 Å². The van der Waals surface area contributed by atoms with Gasteiger partial charge in [0.1, 0.15) is 16.7 Å². The molecule has 1 amide bonds. The molecule has 0 radical (unpaired) electrons. The van der Waals surface area contributed by atoms with Gasteiger partial charge in [0, 0.05) is 11.4 Å². The largest absolute Gasteiger partial charge is 0.325 e. The fourth-order valence-electron chi connectivity index (χ4n) is 1.76. The molecule has 2 rings (SSSR count). The van der Waals surface area contributed by atoms with Crippen molar-refractivity contribution in [2.24, 2.45) is 0 Å². The fourth-order valence-corrected chi connectivity index (χ4v) is 2.71. The summed E-state index contributed by atoms with van der Waals surface area (Å²) >= 11 is 1.37. The quantitative estimate of drug-likeness (QED) is 0.695. The van der Waals surface area contributed by atoms with Crippen molar-refractivity contribution in [2.45, 2.75) is 31.0 Å². The summed E-state index contributed by atoms with van der Waals surface area (Å²) in [5.41, 5.74) is 1.44. The molecule has 110 valence electrons. The van der Waals surface area contributed by atoms with Crippen molar-refractivity contribution in [1.82, 2.24) is 9.97 Å². The summed E-state index contributed by atoms with van der Waals surface area (Å²) in [6, 6.07) is 7.53. The minimum atomic E-state index is -0.331. The summed E-state index contributed by atoms with van der Waals surface area (Å²) in [6.07, 6.45) is 0. The van der Waals surface area contributed by atoms with Gasteiger partial charge in [-0.15, -0.1) is 0 Å². The predicted octanol–water partition coefficient (Wildman–Crippen LogP) is 3.35. The van der Waals surface area contributed by atoms with Crippen LogP contribution in [0.25, 0.3) is 0 Å². The van der Waals surface area contributed by atoms with E-state index < -0.39 is 0 Å². The normalized spacial score (nSPS) is 12.0. The smallest absolute Gasteiger partial charge is 0.237 e. The molecule has 1 N–H and O–H groups in total. The van der Waals surface area contributed by atoms with Crippen LogP contribution in [0, 0.1) is 19.7 Å². The second kappa shape index (κ2) is 6.67. The Bertz CT molecular complexity index is 626. The summed E-state index contributed by atoms with van der Waals surface area (Å²) in [7, 11) is 0. The molecule has 6 heteroatoms. The van der Waals surface area contributed by atoms with Gasteiger partial charge in [0.15, 0.2) is 0 Å². The molecule has 0 aliphatic carbocycles. The third kappa shape index (κ3) is 4.53. The van der Waals surface area contributed by atoms with Gasteiger partial charge in [-0.2, -0.15) is 0 Å². The van der Waals surface area contributed by atoms with Crippen LogP contribution in [-0.4, -0.2) is 21.1 Å². The summed E-state index contributed by atoms with van der Waals surface area (Å²) < 4.78 is 12.8. The molecule has 0 saturated heterocycles. The van der Waals surface area contributed by atoms with Crippen LogP contribution in [0.4, 0.5) is 10.1 Å². The number of aryl methyl sites for hydroxylation is 2. The number of benzene rings is 1. The number of halogens is 1. The van der Waals surface area contributed by atoms with Crippen molar-refractivity contribution in [1.29, 1.82) is 0 Å². The summed E-state index contributed by atoms with van der Waals surface area (Å²) in [4.78, 5) is 20.6. The average molecular weight is 305 g/mol. The highest BCUT2D eigenvalue weighted by Gasteiger charge is 2.16. The van der Waals surface area contributed by atoms with Crippen LogP contribution in [0.15, 0.2) is 35.4 Å². The number of rotatable bonds is 4. The maximum Gasteiger partial charge on any atom is 0.237 e. The number of thioether (sulfide) groups is 1. The molecule has 0 saturated carbocycles.